The van der Waals surface area contributed by atoms with E-state index in [9.17, 15) is 9.59 Å². The van der Waals surface area contributed by atoms with E-state index in [1.165, 1.54) is 19.3 Å². The largest absolute Gasteiger partial charge is 0.352 e. The van der Waals surface area contributed by atoms with Crippen molar-refractivity contribution in [2.24, 2.45) is 11.8 Å². The Morgan fingerprint density at radius 2 is 1.72 bits per heavy atom. The van der Waals surface area contributed by atoms with Gasteiger partial charge in [-0.2, -0.15) is 0 Å². The Kier molecular flexibility index (Phi) is 6.24. The van der Waals surface area contributed by atoms with Crippen LogP contribution in [0.5, 0.6) is 0 Å². The van der Waals surface area contributed by atoms with Crippen molar-refractivity contribution in [1.82, 2.24) is 10.2 Å². The van der Waals surface area contributed by atoms with Gasteiger partial charge in [-0.25, -0.2) is 0 Å². The summed E-state index contributed by atoms with van der Waals surface area (Å²) in [7, 11) is 0. The number of Topliss-reactive ketones (excluding diaryl/α,β-unsaturated/α-hetero) is 1. The first kappa shape index (κ1) is 18.1. The summed E-state index contributed by atoms with van der Waals surface area (Å²) >= 11 is 0. The first-order valence-corrected chi connectivity index (χ1v) is 9.74. The Morgan fingerprint density at radius 3 is 2.40 bits per heavy atom. The molecule has 25 heavy (non-hydrogen) atoms. The molecule has 1 heterocycles. The highest BCUT2D eigenvalue weighted by Crippen LogP contribution is 2.24. The van der Waals surface area contributed by atoms with Gasteiger partial charge in [-0.15, -0.1) is 0 Å². The predicted octanol–water partition coefficient (Wildman–Crippen LogP) is 3.28. The fraction of sp³-hybridized carbons (Fsp3) is 0.619. The van der Waals surface area contributed by atoms with Gasteiger partial charge in [-0.05, 0) is 44.7 Å². The zero-order chi connectivity index (χ0) is 17.6. The lowest BCUT2D eigenvalue weighted by atomic mass is 9.86. The third kappa shape index (κ3) is 4.91. The van der Waals surface area contributed by atoms with E-state index in [1.807, 2.05) is 30.3 Å². The Bertz CT molecular complexity index is 579. The van der Waals surface area contributed by atoms with Crippen LogP contribution in [0.25, 0.3) is 0 Å². The topological polar surface area (TPSA) is 49.4 Å². The molecule has 1 N–H and O–H groups in total. The van der Waals surface area contributed by atoms with Gasteiger partial charge < -0.3 is 5.32 Å². The van der Waals surface area contributed by atoms with Crippen LogP contribution >= 0.6 is 0 Å². The SMILES string of the molecule is C[C@@H]1CCCC[C@H]1NC(=O)CN1CCC(C(=O)c2ccccc2)CC1. The summed E-state index contributed by atoms with van der Waals surface area (Å²) in [6.07, 6.45) is 6.54. The van der Waals surface area contributed by atoms with Gasteiger partial charge in [-0.1, -0.05) is 50.1 Å². The van der Waals surface area contributed by atoms with Gasteiger partial charge in [0.2, 0.25) is 5.91 Å². The lowest BCUT2D eigenvalue weighted by Crippen LogP contribution is -2.47. The molecule has 4 heteroatoms. The van der Waals surface area contributed by atoms with Crippen molar-refractivity contribution in [3.05, 3.63) is 35.9 Å². The molecule has 1 aliphatic heterocycles. The molecule has 1 aromatic rings. The molecule has 0 bridgehead atoms. The highest BCUT2D eigenvalue weighted by atomic mass is 16.2. The number of nitrogens with zero attached hydrogens (tertiary/aromatic N) is 1. The van der Waals surface area contributed by atoms with Gasteiger partial charge in [-0.3, -0.25) is 14.5 Å². The van der Waals surface area contributed by atoms with Crippen LogP contribution in [0, 0.1) is 11.8 Å². The predicted molar refractivity (Wildman–Crippen MR) is 99.5 cm³/mol. The Hall–Kier alpha value is -1.68. The van der Waals surface area contributed by atoms with Crippen LogP contribution in [0.15, 0.2) is 30.3 Å². The zero-order valence-electron chi connectivity index (χ0n) is 15.2. The number of likely N-dealkylation sites (tertiary alicyclic amines) is 1. The molecule has 1 aliphatic carbocycles. The molecule has 0 aromatic heterocycles. The quantitative estimate of drug-likeness (QED) is 0.836. The molecule has 136 valence electrons. The second-order valence-corrected chi connectivity index (χ2v) is 7.72. The summed E-state index contributed by atoms with van der Waals surface area (Å²) in [5.41, 5.74) is 0.810. The van der Waals surface area contributed by atoms with Gasteiger partial charge in [0.1, 0.15) is 0 Å². The summed E-state index contributed by atoms with van der Waals surface area (Å²) in [6.45, 7) is 4.37. The van der Waals surface area contributed by atoms with E-state index in [1.54, 1.807) is 0 Å². The van der Waals surface area contributed by atoms with E-state index in [-0.39, 0.29) is 17.6 Å². The van der Waals surface area contributed by atoms with Gasteiger partial charge in [0.05, 0.1) is 6.54 Å². The van der Waals surface area contributed by atoms with Crippen molar-refractivity contribution in [2.45, 2.75) is 51.5 Å². The number of carbonyl (C=O) groups is 2. The van der Waals surface area contributed by atoms with Crippen LogP contribution in [-0.4, -0.2) is 42.3 Å². The molecule has 0 spiro atoms. The number of piperidine rings is 1. The molecule has 4 nitrogen and oxygen atoms in total. The fourth-order valence-electron chi connectivity index (χ4n) is 4.18. The Morgan fingerprint density at radius 1 is 1.04 bits per heavy atom. The summed E-state index contributed by atoms with van der Waals surface area (Å²) in [5, 5.41) is 3.23. The van der Waals surface area contributed by atoms with E-state index >= 15 is 0 Å². The molecular formula is C21H30N2O2. The molecule has 3 rings (SSSR count). The number of amides is 1. The second-order valence-electron chi connectivity index (χ2n) is 7.72. The van der Waals surface area contributed by atoms with Crippen LogP contribution in [0.2, 0.25) is 0 Å². The average Bonchev–Trinajstić information content (AvgIpc) is 2.64. The molecule has 1 amide bonds. The van der Waals surface area contributed by atoms with Crippen molar-refractivity contribution in [3.8, 4) is 0 Å². The minimum absolute atomic E-state index is 0.0973. The van der Waals surface area contributed by atoms with E-state index in [4.69, 9.17) is 0 Å². The molecule has 1 aromatic carbocycles. The van der Waals surface area contributed by atoms with Crippen LogP contribution in [0.3, 0.4) is 0 Å². The fourth-order valence-corrected chi connectivity index (χ4v) is 4.18. The maximum Gasteiger partial charge on any atom is 0.234 e. The first-order chi connectivity index (χ1) is 12.1. The lowest BCUT2D eigenvalue weighted by Gasteiger charge is -2.33. The third-order valence-corrected chi connectivity index (χ3v) is 5.84. The molecular weight excluding hydrogens is 312 g/mol. The van der Waals surface area contributed by atoms with Crippen LogP contribution in [0.4, 0.5) is 0 Å². The van der Waals surface area contributed by atoms with Crippen molar-refractivity contribution in [2.75, 3.05) is 19.6 Å². The van der Waals surface area contributed by atoms with E-state index < -0.39 is 0 Å². The molecule has 0 radical (unpaired) electrons. The zero-order valence-corrected chi connectivity index (χ0v) is 15.2. The van der Waals surface area contributed by atoms with E-state index in [0.29, 0.717) is 18.5 Å². The monoisotopic (exact) mass is 342 g/mol. The summed E-state index contributed by atoms with van der Waals surface area (Å²) < 4.78 is 0. The maximum atomic E-state index is 12.5. The van der Waals surface area contributed by atoms with Gasteiger partial charge >= 0.3 is 0 Å². The van der Waals surface area contributed by atoms with Crippen LogP contribution < -0.4 is 5.32 Å². The van der Waals surface area contributed by atoms with Crippen molar-refractivity contribution in [1.29, 1.82) is 0 Å². The van der Waals surface area contributed by atoms with Crippen LogP contribution in [-0.2, 0) is 4.79 Å². The molecule has 1 saturated carbocycles. The number of benzene rings is 1. The van der Waals surface area contributed by atoms with Gasteiger partial charge in [0.15, 0.2) is 5.78 Å². The van der Waals surface area contributed by atoms with Gasteiger partial charge in [0.25, 0.3) is 0 Å². The molecule has 2 fully saturated rings. The maximum absolute atomic E-state index is 12.5. The van der Waals surface area contributed by atoms with E-state index in [0.717, 1.165) is 37.9 Å². The molecule has 0 unspecified atom stereocenters. The standard InChI is InChI=1S/C21H30N2O2/c1-16-7-5-6-10-19(16)22-20(24)15-23-13-11-18(12-14-23)21(25)17-8-3-2-4-9-17/h2-4,8-9,16,18-19H,5-7,10-15H2,1H3,(H,22,24)/t16-,19-/m1/s1. The number of hydrogen-bond acceptors (Lipinski definition) is 3. The van der Waals surface area contributed by atoms with Crippen molar-refractivity contribution in [3.63, 3.8) is 0 Å². The number of carbonyl (C=O) groups excluding carboxylic acids is 2. The van der Waals surface area contributed by atoms with E-state index in [2.05, 4.69) is 17.1 Å². The van der Waals surface area contributed by atoms with Crippen molar-refractivity contribution >= 4 is 11.7 Å². The first-order valence-electron chi connectivity index (χ1n) is 9.74. The highest BCUT2D eigenvalue weighted by molar-refractivity contribution is 5.97. The minimum Gasteiger partial charge on any atom is -0.352 e. The van der Waals surface area contributed by atoms with Crippen LogP contribution in [0.1, 0.15) is 55.8 Å². The Labute approximate surface area is 151 Å². The molecule has 2 aliphatic rings. The normalized spacial score (nSPS) is 25.5. The number of hydrogen-bond donors (Lipinski definition) is 1. The minimum atomic E-state index is 0.0973. The van der Waals surface area contributed by atoms with Crippen molar-refractivity contribution < 1.29 is 9.59 Å². The number of nitrogens with one attached hydrogen (secondary N) is 1. The number of rotatable bonds is 5. The Balaban J connectivity index is 1.43. The average molecular weight is 342 g/mol. The third-order valence-electron chi connectivity index (χ3n) is 5.84. The lowest BCUT2D eigenvalue weighted by molar-refractivity contribution is -0.123. The highest BCUT2D eigenvalue weighted by Gasteiger charge is 2.28. The number of ketones is 1. The van der Waals surface area contributed by atoms with Gasteiger partial charge in [0, 0.05) is 17.5 Å². The smallest absolute Gasteiger partial charge is 0.234 e. The molecule has 2 atom stereocenters. The summed E-state index contributed by atoms with van der Waals surface area (Å²) in [5.74, 6) is 1.08. The summed E-state index contributed by atoms with van der Waals surface area (Å²) in [4.78, 5) is 27.1. The second kappa shape index (κ2) is 8.61. The molecule has 1 saturated heterocycles. The summed E-state index contributed by atoms with van der Waals surface area (Å²) in [6, 6.07) is 9.91.